The molecule has 1 atom stereocenters. The molecule has 1 amide bonds. The van der Waals surface area contributed by atoms with Gasteiger partial charge in [0.2, 0.25) is 5.91 Å². The van der Waals surface area contributed by atoms with E-state index in [0.717, 1.165) is 11.0 Å². The summed E-state index contributed by atoms with van der Waals surface area (Å²) >= 11 is 1.26. The van der Waals surface area contributed by atoms with Gasteiger partial charge < -0.3 is 4.90 Å². The summed E-state index contributed by atoms with van der Waals surface area (Å²) in [7, 11) is 1.47. The first-order chi connectivity index (χ1) is 15.7. The van der Waals surface area contributed by atoms with Crippen molar-refractivity contribution < 1.29 is 4.79 Å². The molecule has 1 unspecified atom stereocenters. The molecule has 0 saturated heterocycles. The second-order valence-corrected chi connectivity index (χ2v) is 10.3. The quantitative estimate of drug-likeness (QED) is 0.423. The van der Waals surface area contributed by atoms with Crippen molar-refractivity contribution in [3.8, 4) is 0 Å². The summed E-state index contributed by atoms with van der Waals surface area (Å²) in [5.74, 6) is 0.658. The van der Waals surface area contributed by atoms with Gasteiger partial charge in [-0.05, 0) is 37.3 Å². The number of hydrogen-bond donors (Lipinski definition) is 0. The third kappa shape index (κ3) is 4.46. The van der Waals surface area contributed by atoms with Crippen LogP contribution in [0.5, 0.6) is 0 Å². The van der Waals surface area contributed by atoms with Crippen molar-refractivity contribution in [2.45, 2.75) is 57.5 Å². The lowest BCUT2D eigenvalue weighted by atomic mass is 10.00. The summed E-state index contributed by atoms with van der Waals surface area (Å²) < 4.78 is 2.63. The van der Waals surface area contributed by atoms with Gasteiger partial charge >= 0.3 is 5.69 Å². The highest BCUT2D eigenvalue weighted by Crippen LogP contribution is 2.29. The summed E-state index contributed by atoms with van der Waals surface area (Å²) in [5.41, 5.74) is 1.95. The number of aromatic nitrogens is 4. The number of rotatable bonds is 5. The molecular formula is C24H29N5O3S. The molecule has 2 aromatic heterocycles. The molecule has 0 radical (unpaired) electrons. The van der Waals surface area contributed by atoms with Crippen molar-refractivity contribution in [2.75, 3.05) is 6.54 Å². The number of amides is 1. The minimum absolute atomic E-state index is 0.00578. The zero-order valence-corrected chi connectivity index (χ0v) is 20.5. The molecule has 0 aliphatic carbocycles. The van der Waals surface area contributed by atoms with Crippen LogP contribution >= 0.6 is 11.8 Å². The van der Waals surface area contributed by atoms with E-state index >= 15 is 0 Å². The van der Waals surface area contributed by atoms with Gasteiger partial charge in [0.1, 0.15) is 16.2 Å². The van der Waals surface area contributed by atoms with Gasteiger partial charge in [0.15, 0.2) is 5.65 Å². The molecule has 174 valence electrons. The fourth-order valence-electron chi connectivity index (χ4n) is 4.22. The third-order valence-electron chi connectivity index (χ3n) is 5.89. The molecule has 1 aromatic carbocycles. The van der Waals surface area contributed by atoms with Crippen molar-refractivity contribution in [3.63, 3.8) is 0 Å². The second-order valence-electron chi connectivity index (χ2n) is 8.96. The van der Waals surface area contributed by atoms with Crippen LogP contribution in [-0.2, 0) is 31.4 Å². The molecule has 0 N–H and O–H groups in total. The average molecular weight is 468 g/mol. The number of hydrogen-bond acceptors (Lipinski definition) is 6. The smallest absolute Gasteiger partial charge is 0.332 e. The summed E-state index contributed by atoms with van der Waals surface area (Å²) in [6.07, 6.45) is 0.830. The number of fused-ring (bicyclic) bond motifs is 2. The fourth-order valence-corrected chi connectivity index (χ4v) is 5.28. The van der Waals surface area contributed by atoms with Gasteiger partial charge in [0, 0.05) is 26.7 Å². The summed E-state index contributed by atoms with van der Waals surface area (Å²) in [6.45, 7) is 9.27. The molecule has 0 fully saturated rings. The van der Waals surface area contributed by atoms with Crippen molar-refractivity contribution >= 4 is 28.7 Å². The van der Waals surface area contributed by atoms with Crippen LogP contribution in [0.15, 0.2) is 38.9 Å². The Morgan fingerprint density at radius 2 is 1.82 bits per heavy atom. The van der Waals surface area contributed by atoms with Crippen LogP contribution in [0, 0.1) is 12.8 Å². The van der Waals surface area contributed by atoms with Crippen molar-refractivity contribution in [1.29, 1.82) is 0 Å². The Kier molecular flexibility index (Phi) is 6.43. The monoisotopic (exact) mass is 467 g/mol. The Morgan fingerprint density at radius 1 is 1.12 bits per heavy atom. The molecule has 3 aromatic rings. The SMILES string of the molecule is Cc1nc(SC(C)C(=O)N2CCc3ccccc3C2)c2c(=O)n(C)c(=O)n(CC(C)C)c2n1. The van der Waals surface area contributed by atoms with Gasteiger partial charge in [-0.2, -0.15) is 0 Å². The highest BCUT2D eigenvalue weighted by atomic mass is 32.2. The van der Waals surface area contributed by atoms with Gasteiger partial charge in [0.25, 0.3) is 5.56 Å². The number of nitrogens with zero attached hydrogens (tertiary/aromatic N) is 5. The number of carbonyl (C=O) groups excluding carboxylic acids is 1. The molecular weight excluding hydrogens is 438 g/mol. The van der Waals surface area contributed by atoms with E-state index in [1.165, 1.54) is 34.5 Å². The molecule has 9 heteroatoms. The lowest BCUT2D eigenvalue weighted by Gasteiger charge is -2.30. The van der Waals surface area contributed by atoms with Crippen LogP contribution in [0.1, 0.15) is 37.7 Å². The van der Waals surface area contributed by atoms with Gasteiger partial charge in [-0.25, -0.2) is 14.8 Å². The minimum atomic E-state index is -0.442. The molecule has 33 heavy (non-hydrogen) atoms. The van der Waals surface area contributed by atoms with E-state index in [1.54, 1.807) is 6.92 Å². The molecule has 0 spiro atoms. The standard InChI is InChI=1S/C24H29N5O3S/c1-14(2)12-29-20-19(23(31)27(5)24(29)32)21(26-16(4)25-20)33-15(3)22(30)28-11-10-17-8-6-7-9-18(17)13-28/h6-9,14-15H,10-13H2,1-5H3. The number of aryl methyl sites for hydroxylation is 1. The second kappa shape index (κ2) is 9.13. The predicted octanol–water partition coefficient (Wildman–Crippen LogP) is 2.52. The number of benzene rings is 1. The fraction of sp³-hybridized carbons (Fsp3) is 0.458. The lowest BCUT2D eigenvalue weighted by Crippen LogP contribution is -2.41. The minimum Gasteiger partial charge on any atom is -0.337 e. The predicted molar refractivity (Wildman–Crippen MR) is 129 cm³/mol. The highest BCUT2D eigenvalue weighted by molar-refractivity contribution is 8.00. The maximum absolute atomic E-state index is 13.3. The summed E-state index contributed by atoms with van der Waals surface area (Å²) in [4.78, 5) is 50.0. The maximum Gasteiger partial charge on any atom is 0.332 e. The summed E-state index contributed by atoms with van der Waals surface area (Å²) in [6, 6.07) is 8.19. The Bertz CT molecular complexity index is 1340. The molecule has 0 bridgehead atoms. The van der Waals surface area contributed by atoms with Crippen molar-refractivity contribution in [1.82, 2.24) is 24.0 Å². The molecule has 8 nitrogen and oxygen atoms in total. The Morgan fingerprint density at radius 3 is 2.52 bits per heavy atom. The topological polar surface area (TPSA) is 90.1 Å². The zero-order valence-electron chi connectivity index (χ0n) is 19.7. The number of thioether (sulfide) groups is 1. The van der Waals surface area contributed by atoms with E-state index in [0.29, 0.717) is 36.1 Å². The van der Waals surface area contributed by atoms with E-state index in [4.69, 9.17) is 0 Å². The molecule has 3 heterocycles. The zero-order chi connectivity index (χ0) is 23.9. The normalized spacial score (nSPS) is 14.5. The van der Waals surface area contributed by atoms with E-state index in [9.17, 15) is 14.4 Å². The van der Waals surface area contributed by atoms with Crippen molar-refractivity contribution in [3.05, 3.63) is 62.1 Å². The van der Waals surface area contributed by atoms with Crippen LogP contribution in [0.2, 0.25) is 0 Å². The van der Waals surface area contributed by atoms with E-state index in [-0.39, 0.29) is 17.2 Å². The molecule has 1 aliphatic rings. The Balaban J connectivity index is 1.70. The first-order valence-electron chi connectivity index (χ1n) is 11.2. The van der Waals surface area contributed by atoms with E-state index in [2.05, 4.69) is 22.1 Å². The molecule has 1 aliphatic heterocycles. The first kappa shape index (κ1) is 23.2. The van der Waals surface area contributed by atoms with Gasteiger partial charge in [-0.1, -0.05) is 49.9 Å². The van der Waals surface area contributed by atoms with Crippen LogP contribution in [0.25, 0.3) is 11.0 Å². The summed E-state index contributed by atoms with van der Waals surface area (Å²) in [5, 5.41) is 0.286. The van der Waals surface area contributed by atoms with Crippen LogP contribution < -0.4 is 11.2 Å². The lowest BCUT2D eigenvalue weighted by molar-refractivity contribution is -0.131. The van der Waals surface area contributed by atoms with Gasteiger partial charge in [-0.15, -0.1) is 0 Å². The van der Waals surface area contributed by atoms with Crippen LogP contribution in [0.3, 0.4) is 0 Å². The average Bonchev–Trinajstić information content (AvgIpc) is 2.79. The van der Waals surface area contributed by atoms with Gasteiger partial charge in [0.05, 0.1) is 5.25 Å². The molecule has 0 saturated carbocycles. The van der Waals surface area contributed by atoms with E-state index in [1.807, 2.05) is 37.8 Å². The first-order valence-corrected chi connectivity index (χ1v) is 12.1. The van der Waals surface area contributed by atoms with Crippen molar-refractivity contribution in [2.24, 2.45) is 13.0 Å². The molecule has 4 rings (SSSR count). The Hall–Kier alpha value is -2.94. The van der Waals surface area contributed by atoms with Gasteiger partial charge in [-0.3, -0.25) is 18.7 Å². The maximum atomic E-state index is 13.3. The Labute approximate surface area is 196 Å². The number of carbonyl (C=O) groups is 1. The van der Waals surface area contributed by atoms with E-state index < -0.39 is 16.5 Å². The highest BCUT2D eigenvalue weighted by Gasteiger charge is 2.27. The van der Waals surface area contributed by atoms with Crippen LogP contribution in [0.4, 0.5) is 0 Å². The third-order valence-corrected chi connectivity index (χ3v) is 6.96. The van der Waals surface area contributed by atoms with Crippen LogP contribution in [-0.4, -0.2) is 41.7 Å². The largest absolute Gasteiger partial charge is 0.337 e.